The zero-order valence-electron chi connectivity index (χ0n) is 11.9. The van der Waals surface area contributed by atoms with Gasteiger partial charge in [-0.25, -0.2) is 4.39 Å². The van der Waals surface area contributed by atoms with Gasteiger partial charge >= 0.3 is 5.97 Å². The molecule has 1 aliphatic rings. The van der Waals surface area contributed by atoms with Gasteiger partial charge in [0.05, 0.1) is 23.6 Å². The first-order valence-electron chi connectivity index (χ1n) is 6.88. The summed E-state index contributed by atoms with van der Waals surface area (Å²) in [4.78, 5) is 23.1. The molecule has 0 bridgehead atoms. The van der Waals surface area contributed by atoms with Crippen LogP contribution in [0.2, 0.25) is 0 Å². The lowest BCUT2D eigenvalue weighted by Crippen LogP contribution is -2.41. The molecular formula is C15H18FNO4. The number of anilines is 1. The van der Waals surface area contributed by atoms with Gasteiger partial charge in [0, 0.05) is 6.07 Å². The van der Waals surface area contributed by atoms with Gasteiger partial charge in [0.1, 0.15) is 11.6 Å². The summed E-state index contributed by atoms with van der Waals surface area (Å²) in [5.41, 5.74) is 0.227. The van der Waals surface area contributed by atoms with Crippen molar-refractivity contribution in [1.29, 1.82) is 0 Å². The Morgan fingerprint density at radius 2 is 2.00 bits per heavy atom. The quantitative estimate of drug-likeness (QED) is 0.875. The van der Waals surface area contributed by atoms with Gasteiger partial charge in [-0.3, -0.25) is 9.59 Å². The summed E-state index contributed by atoms with van der Waals surface area (Å²) in [6.45, 7) is 3.64. The number of carbonyl (C=O) groups is 2. The molecule has 0 saturated heterocycles. The van der Waals surface area contributed by atoms with E-state index in [4.69, 9.17) is 9.84 Å². The molecule has 0 spiro atoms. The Hall–Kier alpha value is -2.11. The van der Waals surface area contributed by atoms with E-state index in [1.54, 1.807) is 0 Å². The number of halogens is 1. The first kappa shape index (κ1) is 15.3. The summed E-state index contributed by atoms with van der Waals surface area (Å²) >= 11 is 0. The van der Waals surface area contributed by atoms with Crippen LogP contribution in [-0.4, -0.2) is 23.1 Å². The number of carboxylic acids is 1. The maximum atomic E-state index is 13.3. The van der Waals surface area contributed by atoms with Crippen LogP contribution in [0.4, 0.5) is 10.1 Å². The van der Waals surface area contributed by atoms with E-state index in [1.807, 2.05) is 13.8 Å². The highest BCUT2D eigenvalue weighted by atomic mass is 19.1. The number of carboxylic acid groups (broad SMARTS) is 1. The Balaban J connectivity index is 2.13. The topological polar surface area (TPSA) is 75.6 Å². The minimum absolute atomic E-state index is 0.124. The van der Waals surface area contributed by atoms with Crippen LogP contribution in [0.1, 0.15) is 26.7 Å². The maximum Gasteiger partial charge on any atom is 0.307 e. The summed E-state index contributed by atoms with van der Waals surface area (Å²) in [7, 11) is 0. The van der Waals surface area contributed by atoms with Gasteiger partial charge in [-0.15, -0.1) is 0 Å². The van der Waals surface area contributed by atoms with E-state index < -0.39 is 29.5 Å². The van der Waals surface area contributed by atoms with Gasteiger partial charge in [0.15, 0.2) is 0 Å². The van der Waals surface area contributed by atoms with Gasteiger partial charge in [0.25, 0.3) is 0 Å². The molecule has 2 N–H and O–H groups in total. The molecule has 1 aromatic rings. The SMILES string of the molecule is CC(C)Oc1ccc(F)cc1NC(=O)C1CCC1C(=O)O. The molecule has 0 aliphatic heterocycles. The van der Waals surface area contributed by atoms with E-state index in [2.05, 4.69) is 5.32 Å². The fourth-order valence-corrected chi connectivity index (χ4v) is 2.29. The lowest BCUT2D eigenvalue weighted by Gasteiger charge is -2.32. The molecule has 1 saturated carbocycles. The van der Waals surface area contributed by atoms with Gasteiger partial charge in [-0.05, 0) is 38.8 Å². The molecule has 2 unspecified atom stereocenters. The van der Waals surface area contributed by atoms with E-state index in [1.165, 1.54) is 18.2 Å². The number of benzene rings is 1. The standard InChI is InChI=1S/C15H18FNO4/c1-8(2)21-13-6-3-9(16)7-12(13)17-14(18)10-4-5-11(10)15(19)20/h3,6-8,10-11H,4-5H2,1-2H3,(H,17,18)(H,19,20). The number of aliphatic carboxylic acids is 1. The Bertz CT molecular complexity index is 559. The van der Waals surface area contributed by atoms with Crippen molar-refractivity contribution in [2.24, 2.45) is 11.8 Å². The van der Waals surface area contributed by atoms with Crippen molar-refractivity contribution in [3.05, 3.63) is 24.0 Å². The molecule has 0 aromatic heterocycles. The number of nitrogens with one attached hydrogen (secondary N) is 1. The zero-order valence-corrected chi connectivity index (χ0v) is 11.9. The highest BCUT2D eigenvalue weighted by molar-refractivity contribution is 5.97. The van der Waals surface area contributed by atoms with Crippen LogP contribution in [0.25, 0.3) is 0 Å². The molecule has 2 rings (SSSR count). The third-order valence-corrected chi connectivity index (χ3v) is 3.49. The third-order valence-electron chi connectivity index (χ3n) is 3.49. The molecule has 0 radical (unpaired) electrons. The Morgan fingerprint density at radius 1 is 1.33 bits per heavy atom. The highest BCUT2D eigenvalue weighted by Gasteiger charge is 2.41. The molecule has 1 amide bonds. The van der Waals surface area contributed by atoms with Crippen LogP contribution in [0.3, 0.4) is 0 Å². The Kier molecular flexibility index (Phi) is 4.45. The molecule has 5 nitrogen and oxygen atoms in total. The maximum absolute atomic E-state index is 13.3. The molecule has 21 heavy (non-hydrogen) atoms. The van der Waals surface area contributed by atoms with Crippen LogP contribution in [0.15, 0.2) is 18.2 Å². The minimum Gasteiger partial charge on any atom is -0.489 e. The van der Waals surface area contributed by atoms with E-state index in [0.717, 1.165) is 0 Å². The number of rotatable bonds is 5. The van der Waals surface area contributed by atoms with Crippen LogP contribution < -0.4 is 10.1 Å². The Labute approximate surface area is 122 Å². The van der Waals surface area contributed by atoms with Crippen LogP contribution in [0, 0.1) is 17.7 Å². The fourth-order valence-electron chi connectivity index (χ4n) is 2.29. The fraction of sp³-hybridized carbons (Fsp3) is 0.467. The molecule has 0 heterocycles. The van der Waals surface area contributed by atoms with Gasteiger partial charge in [-0.1, -0.05) is 0 Å². The largest absolute Gasteiger partial charge is 0.489 e. The normalized spacial score (nSPS) is 20.8. The summed E-state index contributed by atoms with van der Waals surface area (Å²) in [5, 5.41) is 11.5. The van der Waals surface area contributed by atoms with E-state index >= 15 is 0 Å². The zero-order chi connectivity index (χ0) is 15.6. The van der Waals surface area contributed by atoms with Gasteiger partial charge in [0.2, 0.25) is 5.91 Å². The van der Waals surface area contributed by atoms with Crippen molar-refractivity contribution >= 4 is 17.6 Å². The Morgan fingerprint density at radius 3 is 2.52 bits per heavy atom. The first-order chi connectivity index (χ1) is 9.88. The van der Waals surface area contributed by atoms with Crippen molar-refractivity contribution in [2.45, 2.75) is 32.8 Å². The second kappa shape index (κ2) is 6.11. The van der Waals surface area contributed by atoms with Crippen molar-refractivity contribution in [3.63, 3.8) is 0 Å². The molecule has 1 aromatic carbocycles. The predicted molar refractivity (Wildman–Crippen MR) is 74.6 cm³/mol. The van der Waals surface area contributed by atoms with Crippen LogP contribution >= 0.6 is 0 Å². The number of amides is 1. The molecule has 1 aliphatic carbocycles. The summed E-state index contributed by atoms with van der Waals surface area (Å²) in [6.07, 6.45) is 0.895. The predicted octanol–water partition coefficient (Wildman–Crippen LogP) is 2.66. The number of carbonyl (C=O) groups excluding carboxylic acids is 1. The summed E-state index contributed by atoms with van der Waals surface area (Å²) < 4.78 is 18.8. The molecular weight excluding hydrogens is 277 g/mol. The van der Waals surface area contributed by atoms with Crippen molar-refractivity contribution in [1.82, 2.24) is 0 Å². The number of hydrogen-bond acceptors (Lipinski definition) is 3. The summed E-state index contributed by atoms with van der Waals surface area (Å²) in [6, 6.07) is 3.86. The van der Waals surface area contributed by atoms with Crippen molar-refractivity contribution in [2.75, 3.05) is 5.32 Å². The van der Waals surface area contributed by atoms with Gasteiger partial charge in [-0.2, -0.15) is 0 Å². The van der Waals surface area contributed by atoms with Crippen LogP contribution in [-0.2, 0) is 9.59 Å². The lowest BCUT2D eigenvalue weighted by atomic mass is 9.73. The molecule has 1 fully saturated rings. The smallest absolute Gasteiger partial charge is 0.307 e. The highest BCUT2D eigenvalue weighted by Crippen LogP contribution is 2.36. The molecule has 114 valence electrons. The lowest BCUT2D eigenvalue weighted by molar-refractivity contribution is -0.151. The number of ether oxygens (including phenoxy) is 1. The second-order valence-corrected chi connectivity index (χ2v) is 5.42. The average molecular weight is 295 g/mol. The molecule has 2 atom stereocenters. The third kappa shape index (κ3) is 3.51. The van der Waals surface area contributed by atoms with E-state index in [0.29, 0.717) is 18.6 Å². The first-order valence-corrected chi connectivity index (χ1v) is 6.88. The van der Waals surface area contributed by atoms with Crippen molar-refractivity contribution in [3.8, 4) is 5.75 Å². The monoisotopic (exact) mass is 295 g/mol. The van der Waals surface area contributed by atoms with Crippen molar-refractivity contribution < 1.29 is 23.8 Å². The minimum atomic E-state index is -0.973. The summed E-state index contributed by atoms with van der Waals surface area (Å²) in [5.74, 6) is -2.74. The average Bonchev–Trinajstić information content (AvgIpc) is 2.29. The van der Waals surface area contributed by atoms with E-state index in [9.17, 15) is 14.0 Å². The van der Waals surface area contributed by atoms with Crippen LogP contribution in [0.5, 0.6) is 5.75 Å². The number of hydrogen-bond donors (Lipinski definition) is 2. The molecule has 6 heteroatoms. The second-order valence-electron chi connectivity index (χ2n) is 5.42. The van der Waals surface area contributed by atoms with E-state index in [-0.39, 0.29) is 11.8 Å². The van der Waals surface area contributed by atoms with Gasteiger partial charge < -0.3 is 15.2 Å².